The Morgan fingerprint density at radius 1 is 1.29 bits per heavy atom. The zero-order valence-electron chi connectivity index (χ0n) is 17.1. The average molecular weight is 456 g/mol. The van der Waals surface area contributed by atoms with E-state index in [0.29, 0.717) is 49.6 Å². The molecule has 0 fully saturated rings. The summed E-state index contributed by atoms with van der Waals surface area (Å²) in [7, 11) is 1.53. The summed E-state index contributed by atoms with van der Waals surface area (Å²) in [6.07, 6.45) is 0. The molecule has 1 amide bonds. The standard InChI is InChI=1S/C23H22ClN3O3S/c1-14-20(22(29)27-18-9-5-6-10-19(18)30-2)21(15-7-3-4-8-17(15)24)16(13-25)23(26-14)31-12-11-28/h3-10,21,26,28H,11-12H2,1-2H3,(H,27,29). The number of rotatable bonds is 7. The molecule has 3 rings (SSSR count). The molecule has 1 heterocycles. The van der Waals surface area contributed by atoms with Crippen molar-refractivity contribution in [3.8, 4) is 11.8 Å². The van der Waals surface area contributed by atoms with Gasteiger partial charge in [0.05, 0.1) is 42.0 Å². The van der Waals surface area contributed by atoms with Crippen molar-refractivity contribution in [1.82, 2.24) is 5.32 Å². The van der Waals surface area contributed by atoms with Crippen LogP contribution in [0.4, 0.5) is 5.69 Å². The van der Waals surface area contributed by atoms with Crippen molar-refractivity contribution < 1.29 is 14.6 Å². The first-order chi connectivity index (χ1) is 15.0. The monoisotopic (exact) mass is 455 g/mol. The molecule has 0 aromatic heterocycles. The SMILES string of the molecule is COc1ccccc1NC(=O)C1=C(C)NC(SCCO)=C(C#N)C1c1ccccc1Cl. The number of nitrogens with one attached hydrogen (secondary N) is 2. The summed E-state index contributed by atoms with van der Waals surface area (Å²) in [5.74, 6) is -0.0738. The Hall–Kier alpha value is -2.92. The molecule has 0 aliphatic carbocycles. The van der Waals surface area contributed by atoms with Crippen molar-refractivity contribution in [2.45, 2.75) is 12.8 Å². The maximum atomic E-state index is 13.4. The van der Waals surface area contributed by atoms with Gasteiger partial charge < -0.3 is 20.5 Å². The topological polar surface area (TPSA) is 94.4 Å². The van der Waals surface area contributed by atoms with E-state index >= 15 is 0 Å². The Bertz CT molecular complexity index is 1090. The predicted molar refractivity (Wildman–Crippen MR) is 124 cm³/mol. The van der Waals surface area contributed by atoms with Gasteiger partial charge >= 0.3 is 0 Å². The second-order valence-electron chi connectivity index (χ2n) is 6.70. The third-order valence-corrected chi connectivity index (χ3v) is 6.14. The average Bonchev–Trinajstić information content (AvgIpc) is 2.77. The molecule has 1 atom stereocenters. The Labute approximate surface area is 190 Å². The molecule has 0 spiro atoms. The molecular weight excluding hydrogens is 434 g/mol. The summed E-state index contributed by atoms with van der Waals surface area (Å²) < 4.78 is 5.34. The molecule has 160 valence electrons. The number of allylic oxidation sites excluding steroid dienone is 2. The quantitative estimate of drug-likeness (QED) is 0.572. The third kappa shape index (κ3) is 4.88. The van der Waals surface area contributed by atoms with Gasteiger partial charge in [-0.3, -0.25) is 4.79 Å². The Balaban J connectivity index is 2.09. The van der Waals surface area contributed by atoms with Crippen LogP contribution in [-0.2, 0) is 4.79 Å². The van der Waals surface area contributed by atoms with Crippen molar-refractivity contribution >= 4 is 35.0 Å². The van der Waals surface area contributed by atoms with Crippen molar-refractivity contribution in [3.63, 3.8) is 0 Å². The van der Waals surface area contributed by atoms with Crippen LogP contribution >= 0.6 is 23.4 Å². The summed E-state index contributed by atoms with van der Waals surface area (Å²) >= 11 is 7.81. The molecule has 2 aromatic rings. The molecule has 1 aliphatic rings. The number of anilines is 1. The number of thioether (sulfide) groups is 1. The fourth-order valence-corrected chi connectivity index (χ4v) is 4.52. The third-order valence-electron chi connectivity index (χ3n) is 4.80. The fraction of sp³-hybridized carbons (Fsp3) is 0.217. The van der Waals surface area contributed by atoms with Crippen LogP contribution in [-0.4, -0.2) is 30.5 Å². The first-order valence-corrected chi connectivity index (χ1v) is 10.9. The lowest BCUT2D eigenvalue weighted by Gasteiger charge is -2.30. The zero-order chi connectivity index (χ0) is 22.4. The van der Waals surface area contributed by atoms with Crippen molar-refractivity contribution in [1.29, 1.82) is 5.26 Å². The largest absolute Gasteiger partial charge is 0.495 e. The minimum Gasteiger partial charge on any atom is -0.495 e. The highest BCUT2D eigenvalue weighted by Crippen LogP contribution is 2.43. The number of dihydropyridines is 1. The minimum absolute atomic E-state index is 0.0325. The molecule has 0 saturated heterocycles. The number of benzene rings is 2. The van der Waals surface area contributed by atoms with Gasteiger partial charge in [-0.05, 0) is 30.7 Å². The highest BCUT2D eigenvalue weighted by Gasteiger charge is 2.35. The molecule has 0 saturated carbocycles. The highest BCUT2D eigenvalue weighted by molar-refractivity contribution is 8.03. The van der Waals surface area contributed by atoms with Gasteiger partial charge in [0, 0.05) is 22.0 Å². The number of aliphatic hydroxyl groups excluding tert-OH is 1. The molecule has 3 N–H and O–H groups in total. The normalized spacial score (nSPS) is 15.9. The van der Waals surface area contributed by atoms with Crippen LogP contribution in [0.1, 0.15) is 18.4 Å². The van der Waals surface area contributed by atoms with E-state index in [1.807, 2.05) is 18.2 Å². The summed E-state index contributed by atoms with van der Waals surface area (Å²) in [5.41, 5.74) is 2.56. The van der Waals surface area contributed by atoms with Crippen LogP contribution in [0.2, 0.25) is 5.02 Å². The van der Waals surface area contributed by atoms with E-state index in [2.05, 4.69) is 16.7 Å². The first-order valence-electron chi connectivity index (χ1n) is 9.56. The summed E-state index contributed by atoms with van der Waals surface area (Å²) in [6, 6.07) is 16.5. The smallest absolute Gasteiger partial charge is 0.254 e. The molecule has 31 heavy (non-hydrogen) atoms. The second kappa shape index (κ2) is 10.4. The second-order valence-corrected chi connectivity index (χ2v) is 8.21. The van der Waals surface area contributed by atoms with Crippen molar-refractivity contribution in [2.75, 3.05) is 24.8 Å². The molecule has 8 heteroatoms. The van der Waals surface area contributed by atoms with Crippen LogP contribution in [0.25, 0.3) is 0 Å². The molecule has 0 bridgehead atoms. The van der Waals surface area contributed by atoms with E-state index in [-0.39, 0.29) is 12.5 Å². The van der Waals surface area contributed by atoms with Gasteiger partial charge in [0.15, 0.2) is 0 Å². The number of nitriles is 1. The highest BCUT2D eigenvalue weighted by atomic mass is 35.5. The first kappa shape index (κ1) is 22.8. The van der Waals surface area contributed by atoms with Crippen LogP contribution in [0.3, 0.4) is 0 Å². The maximum absolute atomic E-state index is 13.4. The van der Waals surface area contributed by atoms with Crippen molar-refractivity contribution in [2.24, 2.45) is 0 Å². The van der Waals surface area contributed by atoms with E-state index in [9.17, 15) is 15.2 Å². The summed E-state index contributed by atoms with van der Waals surface area (Å²) in [4.78, 5) is 13.4. The van der Waals surface area contributed by atoms with Gasteiger partial charge in [0.2, 0.25) is 0 Å². The molecule has 2 aromatic carbocycles. The van der Waals surface area contributed by atoms with Gasteiger partial charge in [-0.15, -0.1) is 11.8 Å². The molecule has 0 radical (unpaired) electrons. The predicted octanol–water partition coefficient (Wildman–Crippen LogP) is 4.41. The lowest BCUT2D eigenvalue weighted by atomic mass is 9.82. The Morgan fingerprint density at radius 3 is 2.68 bits per heavy atom. The lowest BCUT2D eigenvalue weighted by molar-refractivity contribution is -0.113. The lowest BCUT2D eigenvalue weighted by Crippen LogP contribution is -2.31. The van der Waals surface area contributed by atoms with Gasteiger partial charge in [0.1, 0.15) is 5.75 Å². The summed E-state index contributed by atoms with van der Waals surface area (Å²) in [6.45, 7) is 1.75. The van der Waals surface area contributed by atoms with Crippen molar-refractivity contribution in [3.05, 3.63) is 81.0 Å². The molecule has 1 unspecified atom stereocenters. The number of aliphatic hydroxyl groups is 1. The van der Waals surface area contributed by atoms with E-state index in [4.69, 9.17) is 16.3 Å². The number of ether oxygens (including phenoxy) is 1. The van der Waals surface area contributed by atoms with E-state index < -0.39 is 5.92 Å². The minimum atomic E-state index is -0.657. The van der Waals surface area contributed by atoms with E-state index in [1.54, 1.807) is 37.3 Å². The summed E-state index contributed by atoms with van der Waals surface area (Å²) in [5, 5.41) is 26.4. The number of halogens is 1. The molecule has 6 nitrogen and oxygen atoms in total. The maximum Gasteiger partial charge on any atom is 0.254 e. The van der Waals surface area contributed by atoms with Crippen LogP contribution in [0.5, 0.6) is 5.75 Å². The number of amides is 1. The Morgan fingerprint density at radius 2 is 2.00 bits per heavy atom. The van der Waals surface area contributed by atoms with Crippen LogP contribution in [0.15, 0.2) is 70.4 Å². The number of para-hydroxylation sites is 2. The van der Waals surface area contributed by atoms with Crippen LogP contribution in [0, 0.1) is 11.3 Å². The van der Waals surface area contributed by atoms with E-state index in [1.165, 1.54) is 18.9 Å². The number of methoxy groups -OCH3 is 1. The van der Waals surface area contributed by atoms with E-state index in [0.717, 1.165) is 0 Å². The van der Waals surface area contributed by atoms with Gasteiger partial charge in [-0.25, -0.2) is 0 Å². The molecular formula is C23H22ClN3O3S. The van der Waals surface area contributed by atoms with Gasteiger partial charge in [-0.1, -0.05) is 41.9 Å². The number of hydrogen-bond acceptors (Lipinski definition) is 6. The van der Waals surface area contributed by atoms with Gasteiger partial charge in [-0.2, -0.15) is 5.26 Å². The Kier molecular flexibility index (Phi) is 7.64. The molecule has 1 aliphatic heterocycles. The number of hydrogen-bond donors (Lipinski definition) is 3. The number of carbonyl (C=O) groups excluding carboxylic acids is 1. The van der Waals surface area contributed by atoms with Gasteiger partial charge in [0.25, 0.3) is 5.91 Å². The van der Waals surface area contributed by atoms with Crippen LogP contribution < -0.4 is 15.4 Å². The fourth-order valence-electron chi connectivity index (χ4n) is 3.43. The zero-order valence-corrected chi connectivity index (χ0v) is 18.7. The number of nitrogens with zero attached hydrogens (tertiary/aromatic N) is 1. The number of carbonyl (C=O) groups is 1.